The molecule has 146 valence electrons. The third-order valence-corrected chi connectivity index (χ3v) is 6.11. The molecule has 0 aromatic heterocycles. The normalized spacial score (nSPS) is 13.5. The average molecular weight is 416 g/mol. The van der Waals surface area contributed by atoms with Crippen LogP contribution in [0, 0.1) is 29.6 Å². The molecule has 0 atom stereocenters. The second-order valence-corrected chi connectivity index (χ2v) is 8.15. The van der Waals surface area contributed by atoms with Crippen LogP contribution in [0.4, 0.5) is 17.1 Å². The summed E-state index contributed by atoms with van der Waals surface area (Å²) in [7, 11) is 0. The van der Waals surface area contributed by atoms with Crippen LogP contribution in [0.15, 0.2) is 107 Å². The smallest absolute Gasteiger partial charge is 0.279 e. The van der Waals surface area contributed by atoms with Gasteiger partial charge in [-0.15, -0.1) is 0 Å². The highest BCUT2D eigenvalue weighted by molar-refractivity contribution is 7.99. The van der Waals surface area contributed by atoms with Crippen molar-refractivity contribution < 1.29 is 4.79 Å². The summed E-state index contributed by atoms with van der Waals surface area (Å²) in [6.45, 7) is 0. The summed E-state index contributed by atoms with van der Waals surface area (Å²) in [5.41, 5.74) is 4.15. The maximum atomic E-state index is 12.0. The highest BCUT2D eigenvalue weighted by Crippen LogP contribution is 2.50. The Kier molecular flexibility index (Phi) is 5.19. The van der Waals surface area contributed by atoms with Gasteiger partial charge < -0.3 is 4.90 Å². The van der Waals surface area contributed by atoms with Crippen LogP contribution in [-0.4, -0.2) is 5.78 Å². The first-order valence-corrected chi connectivity index (χ1v) is 10.8. The van der Waals surface area contributed by atoms with Gasteiger partial charge in [-0.2, -0.15) is 0 Å². The van der Waals surface area contributed by atoms with Crippen molar-refractivity contribution in [3.05, 3.63) is 103 Å². The fraction of sp³-hybridized carbons (Fsp3) is 0.0357. The summed E-state index contributed by atoms with van der Waals surface area (Å²) in [4.78, 5) is 16.7. The van der Waals surface area contributed by atoms with Gasteiger partial charge in [0.05, 0.1) is 17.3 Å². The van der Waals surface area contributed by atoms with Gasteiger partial charge in [0, 0.05) is 21.0 Å². The number of para-hydroxylation sites is 2. The molecule has 0 radical (unpaired) electrons. The molecule has 2 nitrogen and oxygen atoms in total. The van der Waals surface area contributed by atoms with E-state index in [1.54, 1.807) is 11.8 Å². The fourth-order valence-corrected chi connectivity index (χ4v) is 4.57. The second-order valence-electron chi connectivity index (χ2n) is 7.06. The number of fused-ring (bicyclic) bond motifs is 2. The topological polar surface area (TPSA) is 20.3 Å². The highest BCUT2D eigenvalue weighted by atomic mass is 32.2. The van der Waals surface area contributed by atoms with Crippen molar-refractivity contribution in [2.75, 3.05) is 4.90 Å². The first-order valence-electron chi connectivity index (χ1n) is 9.96. The molecule has 0 bridgehead atoms. The summed E-state index contributed by atoms with van der Waals surface area (Å²) in [5, 5.41) is 0. The first kappa shape index (κ1) is 19.1. The SMILES string of the molecule is O=C(C#Cc1ccc(N2c3ccccc3Sc3ccccc32)cc1)C#CC1C=CC=C1. The van der Waals surface area contributed by atoms with Crippen LogP contribution in [0.2, 0.25) is 0 Å². The number of carbonyl (C=O) groups excluding carboxylic acids is 1. The molecule has 3 aromatic rings. The molecule has 3 aromatic carbocycles. The molecule has 0 saturated carbocycles. The van der Waals surface area contributed by atoms with Crippen LogP contribution >= 0.6 is 11.8 Å². The van der Waals surface area contributed by atoms with Gasteiger partial charge in [0.2, 0.25) is 0 Å². The van der Waals surface area contributed by atoms with Crippen molar-refractivity contribution in [3.8, 4) is 23.7 Å². The summed E-state index contributed by atoms with van der Waals surface area (Å²) < 4.78 is 0. The van der Waals surface area contributed by atoms with Gasteiger partial charge in [-0.3, -0.25) is 4.79 Å². The van der Waals surface area contributed by atoms with Crippen LogP contribution in [0.5, 0.6) is 0 Å². The van der Waals surface area contributed by atoms with E-state index in [1.807, 2.05) is 48.6 Å². The lowest BCUT2D eigenvalue weighted by Crippen LogP contribution is -2.14. The van der Waals surface area contributed by atoms with E-state index in [0.717, 1.165) is 22.6 Å². The Morgan fingerprint density at radius 1 is 0.774 bits per heavy atom. The standard InChI is InChI=1S/C28H17NOS/c30-24(19-15-21-7-1-2-8-21)20-16-22-13-17-23(18-14-22)29-25-9-3-5-11-27(25)31-28-12-6-4-10-26(28)29/h1-14,17-18,21H. The van der Waals surface area contributed by atoms with Crippen LogP contribution in [0.3, 0.4) is 0 Å². The van der Waals surface area contributed by atoms with Crippen LogP contribution in [-0.2, 0) is 4.79 Å². The van der Waals surface area contributed by atoms with Crippen LogP contribution in [0.25, 0.3) is 0 Å². The van der Waals surface area contributed by atoms with Gasteiger partial charge >= 0.3 is 0 Å². The lowest BCUT2D eigenvalue weighted by Gasteiger charge is -2.32. The monoisotopic (exact) mass is 415 g/mol. The number of benzene rings is 3. The van der Waals surface area contributed by atoms with Gasteiger partial charge in [0.25, 0.3) is 5.78 Å². The maximum absolute atomic E-state index is 12.0. The zero-order chi connectivity index (χ0) is 21.0. The number of hydrogen-bond acceptors (Lipinski definition) is 3. The molecule has 0 amide bonds. The zero-order valence-electron chi connectivity index (χ0n) is 16.6. The van der Waals surface area contributed by atoms with Crippen molar-refractivity contribution >= 4 is 34.6 Å². The number of nitrogens with zero attached hydrogens (tertiary/aromatic N) is 1. The van der Waals surface area contributed by atoms with Crippen LogP contribution in [0.1, 0.15) is 5.56 Å². The molecule has 3 heteroatoms. The summed E-state index contributed by atoms with van der Waals surface area (Å²) >= 11 is 1.79. The van der Waals surface area contributed by atoms with E-state index in [4.69, 9.17) is 0 Å². The number of allylic oxidation sites excluding steroid dienone is 4. The molecule has 0 saturated heterocycles. The van der Waals surface area contributed by atoms with Crippen molar-refractivity contribution in [3.63, 3.8) is 0 Å². The maximum Gasteiger partial charge on any atom is 0.279 e. The number of carbonyl (C=O) groups is 1. The number of Topliss-reactive ketones (excluding diaryl/α,β-unsaturated/α-hetero) is 1. The molecule has 5 rings (SSSR count). The average Bonchev–Trinajstić information content (AvgIpc) is 3.34. The third-order valence-electron chi connectivity index (χ3n) is 4.98. The predicted octanol–water partition coefficient (Wildman–Crippen LogP) is 6.29. The Balaban J connectivity index is 1.41. The Bertz CT molecular complexity index is 1290. The molecular formula is C28H17NOS. The van der Waals surface area contributed by atoms with Crippen LogP contribution < -0.4 is 4.90 Å². The molecule has 1 aliphatic carbocycles. The molecule has 2 aliphatic rings. The van der Waals surface area contributed by atoms with Gasteiger partial charge in [-0.25, -0.2) is 0 Å². The highest BCUT2D eigenvalue weighted by Gasteiger charge is 2.23. The second kappa shape index (κ2) is 8.44. The van der Waals surface area contributed by atoms with E-state index in [1.165, 1.54) is 9.79 Å². The van der Waals surface area contributed by atoms with E-state index < -0.39 is 0 Å². The summed E-state index contributed by atoms with van der Waals surface area (Å²) in [5.74, 6) is 10.7. The largest absolute Gasteiger partial charge is 0.308 e. The molecule has 0 unspecified atom stereocenters. The van der Waals surface area contributed by atoms with Gasteiger partial charge in [-0.1, -0.05) is 72.2 Å². The van der Waals surface area contributed by atoms with Gasteiger partial charge in [0.1, 0.15) is 0 Å². The van der Waals surface area contributed by atoms with Crippen molar-refractivity contribution in [1.29, 1.82) is 0 Å². The Morgan fingerprint density at radius 2 is 1.39 bits per heavy atom. The molecular weight excluding hydrogens is 398 g/mol. The lowest BCUT2D eigenvalue weighted by atomic mass is 10.1. The summed E-state index contributed by atoms with van der Waals surface area (Å²) in [6, 6.07) is 24.8. The van der Waals surface area contributed by atoms with Crippen molar-refractivity contribution in [2.45, 2.75) is 9.79 Å². The summed E-state index contributed by atoms with van der Waals surface area (Å²) in [6.07, 6.45) is 7.74. The zero-order valence-corrected chi connectivity index (χ0v) is 17.4. The van der Waals surface area contributed by atoms with E-state index in [0.29, 0.717) is 0 Å². The van der Waals surface area contributed by atoms with E-state index in [2.05, 4.69) is 77.1 Å². The molecule has 0 spiro atoms. The number of hydrogen-bond donors (Lipinski definition) is 0. The predicted molar refractivity (Wildman–Crippen MR) is 127 cm³/mol. The third kappa shape index (κ3) is 4.05. The van der Waals surface area contributed by atoms with E-state index >= 15 is 0 Å². The number of rotatable bonds is 1. The van der Waals surface area contributed by atoms with E-state index in [9.17, 15) is 4.79 Å². The molecule has 31 heavy (non-hydrogen) atoms. The Morgan fingerprint density at radius 3 is 2.03 bits per heavy atom. The lowest BCUT2D eigenvalue weighted by molar-refractivity contribution is -0.108. The molecule has 0 fully saturated rings. The Hall–Kier alpha value is -3.92. The van der Waals surface area contributed by atoms with Crippen molar-refractivity contribution in [1.82, 2.24) is 0 Å². The fourth-order valence-electron chi connectivity index (χ4n) is 3.51. The number of ketones is 1. The molecule has 1 heterocycles. The molecule has 1 aliphatic heterocycles. The van der Waals surface area contributed by atoms with Gasteiger partial charge in [-0.05, 0) is 60.4 Å². The molecule has 0 N–H and O–H groups in total. The first-order chi connectivity index (χ1) is 15.3. The quantitative estimate of drug-likeness (QED) is 0.269. The van der Waals surface area contributed by atoms with Crippen molar-refractivity contribution in [2.24, 2.45) is 5.92 Å². The number of anilines is 3. The Labute approximate surface area is 186 Å². The minimum absolute atomic E-state index is 0.0125. The van der Waals surface area contributed by atoms with Gasteiger partial charge in [0.15, 0.2) is 0 Å². The minimum Gasteiger partial charge on any atom is -0.308 e. The minimum atomic E-state index is -0.367. The van der Waals surface area contributed by atoms with E-state index in [-0.39, 0.29) is 11.7 Å².